The van der Waals surface area contributed by atoms with Crippen LogP contribution in [0.15, 0.2) is 64.9 Å². The Bertz CT molecular complexity index is 839. The highest BCUT2D eigenvalue weighted by atomic mass is 19.1. The highest BCUT2D eigenvalue weighted by Crippen LogP contribution is 2.32. The van der Waals surface area contributed by atoms with Gasteiger partial charge in [0.15, 0.2) is 12.1 Å². The van der Waals surface area contributed by atoms with Crippen LogP contribution in [-0.4, -0.2) is 28.9 Å². The molecule has 2 aromatic carbocycles. The fourth-order valence-electron chi connectivity index (χ4n) is 2.99. The number of para-hydroxylation sites is 1. The number of amides is 2. The molecule has 1 fully saturated rings. The van der Waals surface area contributed by atoms with Gasteiger partial charge < -0.3 is 0 Å². The van der Waals surface area contributed by atoms with Gasteiger partial charge in [0.25, 0.3) is 11.8 Å². The number of halogens is 1. The second-order valence-electron chi connectivity index (χ2n) is 5.63. The van der Waals surface area contributed by atoms with Crippen molar-refractivity contribution in [2.45, 2.75) is 18.6 Å². The molecule has 0 bridgehead atoms. The lowest BCUT2D eigenvalue weighted by molar-refractivity contribution is -0.123. The van der Waals surface area contributed by atoms with Crippen molar-refractivity contribution in [1.29, 1.82) is 0 Å². The Morgan fingerprint density at radius 3 is 2.42 bits per heavy atom. The van der Waals surface area contributed by atoms with Gasteiger partial charge in [-0.3, -0.25) is 14.6 Å². The maximum atomic E-state index is 13.8. The molecule has 2 atom stereocenters. The number of carbonyl (C=O) groups excluding carboxylic acids is 2. The minimum absolute atomic E-state index is 0.0823. The molecule has 2 aromatic rings. The molecule has 0 unspecified atom stereocenters. The molecule has 6 nitrogen and oxygen atoms in total. The highest BCUT2D eigenvalue weighted by molar-refractivity contribution is 6.25. The largest absolute Gasteiger partial charge is 0.271 e. The van der Waals surface area contributed by atoms with Gasteiger partial charge in [0.2, 0.25) is 0 Å². The van der Waals surface area contributed by atoms with E-state index in [1.807, 2.05) is 0 Å². The summed E-state index contributed by atoms with van der Waals surface area (Å²) in [4.78, 5) is 26.4. The maximum absolute atomic E-state index is 13.8. The molecule has 0 saturated carbocycles. The summed E-state index contributed by atoms with van der Waals surface area (Å²) in [7, 11) is 0. The molecule has 2 aliphatic heterocycles. The standard InChI is InChI=1S/C17H13FN4O2/c18-13-9-5-4-6-11(13)10-21-15-14(19-20-21)16(23)22(17(15)24)12-7-2-1-3-8-12/h1-9,14-15H,10H2/t14-,15+/m1/s1. The number of nitrogens with zero attached hydrogens (tertiary/aromatic N) is 4. The third-order valence-electron chi connectivity index (χ3n) is 4.16. The van der Waals surface area contributed by atoms with E-state index < -0.39 is 23.9 Å². The van der Waals surface area contributed by atoms with E-state index in [0.29, 0.717) is 11.3 Å². The molecule has 120 valence electrons. The Morgan fingerprint density at radius 1 is 0.958 bits per heavy atom. The first kappa shape index (κ1) is 14.5. The number of hydrogen-bond donors (Lipinski definition) is 0. The van der Waals surface area contributed by atoms with Crippen molar-refractivity contribution >= 4 is 17.5 Å². The van der Waals surface area contributed by atoms with E-state index >= 15 is 0 Å². The van der Waals surface area contributed by atoms with Crippen LogP contribution in [0.2, 0.25) is 0 Å². The van der Waals surface area contributed by atoms with Gasteiger partial charge in [0.1, 0.15) is 5.82 Å². The highest BCUT2D eigenvalue weighted by Gasteiger charge is 2.54. The predicted octanol–water partition coefficient (Wildman–Crippen LogP) is 2.32. The summed E-state index contributed by atoms with van der Waals surface area (Å²) in [6, 6.07) is 13.3. The van der Waals surface area contributed by atoms with Crippen molar-refractivity contribution in [2.75, 3.05) is 4.90 Å². The Morgan fingerprint density at radius 2 is 1.67 bits per heavy atom. The smallest absolute Gasteiger partial charge is 0.263 e. The van der Waals surface area contributed by atoms with Crippen LogP contribution in [0.1, 0.15) is 5.56 Å². The van der Waals surface area contributed by atoms with Crippen molar-refractivity contribution in [2.24, 2.45) is 10.3 Å². The molecule has 4 rings (SSSR count). The minimum atomic E-state index is -0.871. The summed E-state index contributed by atoms with van der Waals surface area (Å²) in [6.45, 7) is 0.0823. The number of carbonyl (C=O) groups is 2. The molecule has 0 aliphatic carbocycles. The number of benzene rings is 2. The van der Waals surface area contributed by atoms with Crippen molar-refractivity contribution in [1.82, 2.24) is 5.01 Å². The summed E-state index contributed by atoms with van der Waals surface area (Å²) < 4.78 is 13.8. The van der Waals surface area contributed by atoms with Crippen molar-refractivity contribution in [3.8, 4) is 0 Å². The number of hydrogen-bond acceptors (Lipinski definition) is 5. The predicted molar refractivity (Wildman–Crippen MR) is 83.3 cm³/mol. The van der Waals surface area contributed by atoms with E-state index in [1.165, 1.54) is 11.1 Å². The zero-order valence-corrected chi connectivity index (χ0v) is 12.5. The monoisotopic (exact) mass is 324 g/mol. The lowest BCUT2D eigenvalue weighted by Gasteiger charge is -2.20. The van der Waals surface area contributed by atoms with E-state index in [0.717, 1.165) is 4.90 Å². The molecular weight excluding hydrogens is 311 g/mol. The molecule has 0 spiro atoms. The number of anilines is 1. The summed E-state index contributed by atoms with van der Waals surface area (Å²) in [5.74, 6) is -1.18. The van der Waals surface area contributed by atoms with Crippen LogP contribution in [0.3, 0.4) is 0 Å². The molecule has 0 N–H and O–H groups in total. The van der Waals surface area contributed by atoms with Crippen LogP contribution < -0.4 is 4.90 Å². The molecule has 0 radical (unpaired) electrons. The first-order chi connectivity index (χ1) is 11.7. The molecule has 2 amide bonds. The normalized spacial score (nSPS) is 22.4. The third-order valence-corrected chi connectivity index (χ3v) is 4.16. The van der Waals surface area contributed by atoms with Crippen LogP contribution >= 0.6 is 0 Å². The molecule has 24 heavy (non-hydrogen) atoms. The lowest BCUT2D eigenvalue weighted by atomic mass is 10.1. The average molecular weight is 324 g/mol. The fourth-order valence-corrected chi connectivity index (χ4v) is 2.99. The van der Waals surface area contributed by atoms with Crippen LogP contribution in [0, 0.1) is 5.82 Å². The lowest BCUT2D eigenvalue weighted by Crippen LogP contribution is -2.39. The molecule has 7 heteroatoms. The Kier molecular flexibility index (Phi) is 3.34. The summed E-state index contributed by atoms with van der Waals surface area (Å²) >= 11 is 0. The first-order valence-corrected chi connectivity index (χ1v) is 7.50. The zero-order chi connectivity index (χ0) is 16.7. The van der Waals surface area contributed by atoms with E-state index in [9.17, 15) is 14.0 Å². The number of imide groups is 1. The second kappa shape index (κ2) is 5.52. The van der Waals surface area contributed by atoms with E-state index in [-0.39, 0.29) is 12.4 Å². The van der Waals surface area contributed by atoms with Gasteiger partial charge in [-0.15, -0.1) is 0 Å². The summed E-state index contributed by atoms with van der Waals surface area (Å²) in [5.41, 5.74) is 0.901. The quantitative estimate of drug-likeness (QED) is 0.814. The zero-order valence-electron chi connectivity index (χ0n) is 12.5. The van der Waals surface area contributed by atoms with Crippen molar-refractivity contribution in [3.05, 3.63) is 66.0 Å². The van der Waals surface area contributed by atoms with Crippen molar-refractivity contribution < 1.29 is 14.0 Å². The topological polar surface area (TPSA) is 65.3 Å². The van der Waals surface area contributed by atoms with Gasteiger partial charge in [0.05, 0.1) is 12.2 Å². The van der Waals surface area contributed by atoms with E-state index in [4.69, 9.17) is 0 Å². The van der Waals surface area contributed by atoms with Crippen molar-refractivity contribution in [3.63, 3.8) is 0 Å². The average Bonchev–Trinajstić information content (AvgIpc) is 3.11. The Labute approximate surface area is 137 Å². The maximum Gasteiger partial charge on any atom is 0.263 e. The van der Waals surface area contributed by atoms with Crippen LogP contribution in [0.5, 0.6) is 0 Å². The van der Waals surface area contributed by atoms with Gasteiger partial charge in [-0.25, -0.2) is 9.29 Å². The summed E-state index contributed by atoms with van der Waals surface area (Å²) in [6.07, 6.45) is 0. The Hall–Kier alpha value is -3.09. The minimum Gasteiger partial charge on any atom is -0.271 e. The molecule has 1 saturated heterocycles. The fraction of sp³-hybridized carbons (Fsp3) is 0.176. The first-order valence-electron chi connectivity index (χ1n) is 7.50. The number of fused-ring (bicyclic) bond motifs is 1. The van der Waals surface area contributed by atoms with Gasteiger partial charge in [-0.1, -0.05) is 41.6 Å². The van der Waals surface area contributed by atoms with Gasteiger partial charge in [0, 0.05) is 5.56 Å². The van der Waals surface area contributed by atoms with Gasteiger partial charge >= 0.3 is 0 Å². The van der Waals surface area contributed by atoms with Crippen LogP contribution in [0.4, 0.5) is 10.1 Å². The van der Waals surface area contributed by atoms with Gasteiger partial charge in [-0.05, 0) is 18.2 Å². The SMILES string of the molecule is O=C1[C@@H]2[C@@H](N=NN2Cc2ccccc2F)C(=O)N1c1ccccc1. The third kappa shape index (κ3) is 2.17. The molecular formula is C17H13FN4O2. The molecule has 2 aliphatic rings. The van der Waals surface area contributed by atoms with Gasteiger partial charge in [-0.2, -0.15) is 5.11 Å². The van der Waals surface area contributed by atoms with Crippen LogP contribution in [-0.2, 0) is 16.1 Å². The van der Waals surface area contributed by atoms with E-state index in [1.54, 1.807) is 48.5 Å². The summed E-state index contributed by atoms with van der Waals surface area (Å²) in [5, 5.41) is 9.22. The molecule has 2 heterocycles. The Balaban J connectivity index is 1.62. The second-order valence-corrected chi connectivity index (χ2v) is 5.63. The van der Waals surface area contributed by atoms with E-state index in [2.05, 4.69) is 10.3 Å². The number of rotatable bonds is 3. The van der Waals surface area contributed by atoms with Crippen LogP contribution in [0.25, 0.3) is 0 Å². The molecule has 0 aromatic heterocycles.